The number of amides is 2. The molecule has 0 spiro atoms. The van der Waals surface area contributed by atoms with Crippen molar-refractivity contribution in [1.82, 2.24) is 10.2 Å². The fourth-order valence-electron chi connectivity index (χ4n) is 2.71. The minimum atomic E-state index is -0.954. The highest BCUT2D eigenvalue weighted by Crippen LogP contribution is 2.23. The van der Waals surface area contributed by atoms with E-state index in [4.69, 9.17) is 5.11 Å². The third kappa shape index (κ3) is 4.73. The summed E-state index contributed by atoms with van der Waals surface area (Å²) in [6.07, 6.45) is 4.83. The van der Waals surface area contributed by atoms with E-state index in [2.05, 4.69) is 5.32 Å². The SMILES string of the molecule is CCN(C(=O)NC(CC(C)C)C(=O)O)C1CCCC1. The molecule has 0 saturated heterocycles. The molecular weight excluding hydrogens is 244 g/mol. The summed E-state index contributed by atoms with van der Waals surface area (Å²) in [6.45, 7) is 6.48. The fourth-order valence-corrected chi connectivity index (χ4v) is 2.71. The first-order valence-electron chi connectivity index (χ1n) is 7.25. The third-order valence-corrected chi connectivity index (χ3v) is 3.67. The van der Waals surface area contributed by atoms with Gasteiger partial charge in [0, 0.05) is 12.6 Å². The number of hydrogen-bond acceptors (Lipinski definition) is 2. The fraction of sp³-hybridized carbons (Fsp3) is 0.857. The number of nitrogens with one attached hydrogen (secondary N) is 1. The van der Waals surface area contributed by atoms with E-state index in [0.717, 1.165) is 25.7 Å². The van der Waals surface area contributed by atoms with Crippen molar-refractivity contribution in [2.45, 2.75) is 65.0 Å². The van der Waals surface area contributed by atoms with Crippen LogP contribution in [-0.4, -0.2) is 40.6 Å². The van der Waals surface area contributed by atoms with Gasteiger partial charge in [-0.05, 0) is 32.1 Å². The maximum Gasteiger partial charge on any atom is 0.326 e. The zero-order valence-corrected chi connectivity index (χ0v) is 12.2. The van der Waals surface area contributed by atoms with Gasteiger partial charge >= 0.3 is 12.0 Å². The van der Waals surface area contributed by atoms with Gasteiger partial charge in [-0.3, -0.25) is 0 Å². The van der Waals surface area contributed by atoms with Gasteiger partial charge in [-0.2, -0.15) is 0 Å². The van der Waals surface area contributed by atoms with E-state index in [9.17, 15) is 9.59 Å². The Morgan fingerprint density at radius 1 is 1.32 bits per heavy atom. The molecule has 0 heterocycles. The van der Waals surface area contributed by atoms with Gasteiger partial charge in [0.25, 0.3) is 0 Å². The average molecular weight is 270 g/mol. The molecule has 1 fully saturated rings. The van der Waals surface area contributed by atoms with Crippen LogP contribution in [0.4, 0.5) is 4.79 Å². The van der Waals surface area contributed by atoms with Crippen LogP contribution in [0, 0.1) is 5.92 Å². The Hall–Kier alpha value is -1.26. The molecule has 0 bridgehead atoms. The highest BCUT2D eigenvalue weighted by atomic mass is 16.4. The van der Waals surface area contributed by atoms with Gasteiger partial charge in [-0.15, -0.1) is 0 Å². The lowest BCUT2D eigenvalue weighted by Gasteiger charge is -2.29. The number of urea groups is 1. The van der Waals surface area contributed by atoms with Crippen molar-refractivity contribution in [2.75, 3.05) is 6.54 Å². The lowest BCUT2D eigenvalue weighted by molar-refractivity contribution is -0.139. The van der Waals surface area contributed by atoms with Crippen molar-refractivity contribution >= 4 is 12.0 Å². The van der Waals surface area contributed by atoms with Gasteiger partial charge in [0.1, 0.15) is 6.04 Å². The van der Waals surface area contributed by atoms with Crippen molar-refractivity contribution in [2.24, 2.45) is 5.92 Å². The monoisotopic (exact) mass is 270 g/mol. The van der Waals surface area contributed by atoms with E-state index in [1.165, 1.54) is 0 Å². The van der Waals surface area contributed by atoms with E-state index in [1.54, 1.807) is 4.90 Å². The Morgan fingerprint density at radius 2 is 1.89 bits per heavy atom. The van der Waals surface area contributed by atoms with Crippen molar-refractivity contribution in [3.8, 4) is 0 Å². The molecule has 19 heavy (non-hydrogen) atoms. The molecule has 0 aromatic heterocycles. The minimum Gasteiger partial charge on any atom is -0.480 e. The van der Waals surface area contributed by atoms with E-state index in [-0.39, 0.29) is 18.0 Å². The Morgan fingerprint density at radius 3 is 2.32 bits per heavy atom. The van der Waals surface area contributed by atoms with Crippen molar-refractivity contribution in [3.63, 3.8) is 0 Å². The van der Waals surface area contributed by atoms with Gasteiger partial charge in [0.2, 0.25) is 0 Å². The number of nitrogens with zero attached hydrogens (tertiary/aromatic N) is 1. The first kappa shape index (κ1) is 15.8. The molecule has 1 unspecified atom stereocenters. The van der Waals surface area contributed by atoms with Crippen LogP contribution in [0.5, 0.6) is 0 Å². The maximum atomic E-state index is 12.2. The van der Waals surface area contributed by atoms with Gasteiger partial charge in [0.05, 0.1) is 0 Å². The summed E-state index contributed by atoms with van der Waals surface area (Å²) in [7, 11) is 0. The van der Waals surface area contributed by atoms with Crippen LogP contribution in [0.15, 0.2) is 0 Å². The summed E-state index contributed by atoms with van der Waals surface area (Å²) >= 11 is 0. The number of aliphatic carboxylic acids is 1. The molecule has 1 aliphatic rings. The summed E-state index contributed by atoms with van der Waals surface area (Å²) in [5, 5.41) is 11.8. The Bertz CT molecular complexity index is 312. The second-order valence-corrected chi connectivity index (χ2v) is 5.69. The number of rotatable bonds is 6. The molecule has 1 saturated carbocycles. The predicted octanol–water partition coefficient (Wildman–Crippen LogP) is 2.46. The summed E-state index contributed by atoms with van der Waals surface area (Å²) < 4.78 is 0. The molecule has 5 nitrogen and oxygen atoms in total. The summed E-state index contributed by atoms with van der Waals surface area (Å²) in [5.41, 5.74) is 0. The minimum absolute atomic E-state index is 0.234. The predicted molar refractivity (Wildman–Crippen MR) is 74.0 cm³/mol. The topological polar surface area (TPSA) is 69.6 Å². The quantitative estimate of drug-likeness (QED) is 0.779. The summed E-state index contributed by atoms with van der Waals surface area (Å²) in [6, 6.07) is -0.746. The van der Waals surface area contributed by atoms with E-state index in [1.807, 2.05) is 20.8 Å². The normalized spacial score (nSPS) is 17.5. The molecule has 1 aliphatic carbocycles. The van der Waals surface area contributed by atoms with Crippen molar-refractivity contribution in [3.05, 3.63) is 0 Å². The first-order valence-corrected chi connectivity index (χ1v) is 7.25. The molecule has 5 heteroatoms. The number of hydrogen-bond donors (Lipinski definition) is 2. The highest BCUT2D eigenvalue weighted by Gasteiger charge is 2.28. The van der Waals surface area contributed by atoms with Gasteiger partial charge < -0.3 is 15.3 Å². The van der Waals surface area contributed by atoms with Crippen LogP contribution in [0.25, 0.3) is 0 Å². The van der Waals surface area contributed by atoms with Gasteiger partial charge in [-0.25, -0.2) is 9.59 Å². The maximum absolute atomic E-state index is 12.2. The standard InChI is InChI=1S/C14H26N2O3/c1-4-16(11-7-5-6-8-11)14(19)15-12(13(17)18)9-10(2)3/h10-12H,4-9H2,1-3H3,(H,15,19)(H,17,18). The number of carboxylic acids is 1. The second kappa shape index (κ2) is 7.36. The van der Waals surface area contributed by atoms with Crippen molar-refractivity contribution in [1.29, 1.82) is 0 Å². The summed E-state index contributed by atoms with van der Waals surface area (Å²) in [4.78, 5) is 25.2. The van der Waals surface area contributed by atoms with Crippen LogP contribution >= 0.6 is 0 Å². The average Bonchev–Trinajstić information content (AvgIpc) is 2.82. The smallest absolute Gasteiger partial charge is 0.326 e. The lowest BCUT2D eigenvalue weighted by atomic mass is 10.0. The number of carbonyl (C=O) groups excluding carboxylic acids is 1. The Balaban J connectivity index is 2.60. The van der Waals surface area contributed by atoms with E-state index in [0.29, 0.717) is 13.0 Å². The van der Waals surface area contributed by atoms with Crippen molar-refractivity contribution < 1.29 is 14.7 Å². The highest BCUT2D eigenvalue weighted by molar-refractivity contribution is 5.82. The van der Waals surface area contributed by atoms with E-state index < -0.39 is 12.0 Å². The van der Waals surface area contributed by atoms with Crippen LogP contribution in [0.2, 0.25) is 0 Å². The first-order chi connectivity index (χ1) is 8.95. The Labute approximate surface area is 115 Å². The summed E-state index contributed by atoms with van der Waals surface area (Å²) in [5.74, 6) is -0.715. The zero-order valence-electron chi connectivity index (χ0n) is 12.2. The third-order valence-electron chi connectivity index (χ3n) is 3.67. The van der Waals surface area contributed by atoms with Crippen LogP contribution in [-0.2, 0) is 4.79 Å². The molecular formula is C14H26N2O3. The Kier molecular flexibility index (Phi) is 6.12. The molecule has 0 aromatic rings. The number of carboxylic acid groups (broad SMARTS) is 1. The van der Waals surface area contributed by atoms with Gasteiger partial charge in [-0.1, -0.05) is 26.7 Å². The number of carbonyl (C=O) groups is 2. The van der Waals surface area contributed by atoms with Crippen LogP contribution < -0.4 is 5.32 Å². The molecule has 110 valence electrons. The van der Waals surface area contributed by atoms with Gasteiger partial charge in [0.15, 0.2) is 0 Å². The molecule has 0 radical (unpaired) electrons. The molecule has 0 aromatic carbocycles. The van der Waals surface area contributed by atoms with Crippen LogP contribution in [0.3, 0.4) is 0 Å². The van der Waals surface area contributed by atoms with Crippen LogP contribution in [0.1, 0.15) is 52.9 Å². The van der Waals surface area contributed by atoms with E-state index >= 15 is 0 Å². The largest absolute Gasteiger partial charge is 0.480 e. The molecule has 1 rings (SSSR count). The molecule has 1 atom stereocenters. The zero-order chi connectivity index (χ0) is 14.4. The second-order valence-electron chi connectivity index (χ2n) is 5.69. The molecule has 0 aliphatic heterocycles. The molecule has 2 N–H and O–H groups in total. The lowest BCUT2D eigenvalue weighted by Crippen LogP contribution is -2.51. The molecule has 2 amide bonds.